The van der Waals surface area contributed by atoms with Crippen molar-refractivity contribution in [2.75, 3.05) is 19.0 Å². The van der Waals surface area contributed by atoms with E-state index in [-0.39, 0.29) is 0 Å². The van der Waals surface area contributed by atoms with E-state index in [4.69, 9.17) is 4.74 Å². The number of rotatable bonds is 12. The van der Waals surface area contributed by atoms with Gasteiger partial charge >= 0.3 is 0 Å². The molecule has 0 saturated heterocycles. The van der Waals surface area contributed by atoms with Gasteiger partial charge in [0.2, 0.25) is 0 Å². The van der Waals surface area contributed by atoms with E-state index in [0.717, 1.165) is 19.0 Å². The summed E-state index contributed by atoms with van der Waals surface area (Å²) in [6.45, 7) is 4.05. The average molecular weight is 250 g/mol. The minimum atomic E-state index is 0.852. The van der Waals surface area contributed by atoms with Crippen LogP contribution in [0.3, 0.4) is 0 Å². The third-order valence-electron chi connectivity index (χ3n) is 2.46. The highest BCUT2D eigenvalue weighted by atomic mass is 33.1. The maximum absolute atomic E-state index is 5.45. The van der Waals surface area contributed by atoms with Gasteiger partial charge < -0.3 is 4.74 Å². The number of thiol groups is 1. The molecule has 0 unspecified atom stereocenters. The van der Waals surface area contributed by atoms with Crippen molar-refractivity contribution in [1.82, 2.24) is 0 Å². The van der Waals surface area contributed by atoms with Crippen molar-refractivity contribution in [3.05, 3.63) is 0 Å². The zero-order valence-electron chi connectivity index (χ0n) is 10.0. The summed E-state index contributed by atoms with van der Waals surface area (Å²) in [5.41, 5.74) is 0. The van der Waals surface area contributed by atoms with E-state index in [0.29, 0.717) is 0 Å². The molecule has 0 fully saturated rings. The molecular formula is C12H26OS2. The predicted octanol–water partition coefficient (Wildman–Crippen LogP) is 4.72. The lowest BCUT2D eigenvalue weighted by atomic mass is 10.1. The van der Waals surface area contributed by atoms with Gasteiger partial charge in [-0.3, -0.25) is 0 Å². The van der Waals surface area contributed by atoms with Crippen molar-refractivity contribution in [3.63, 3.8) is 0 Å². The Kier molecular flexibility index (Phi) is 15.3. The van der Waals surface area contributed by atoms with Gasteiger partial charge in [-0.1, -0.05) is 62.7 Å². The molecule has 0 atom stereocenters. The lowest BCUT2D eigenvalue weighted by Crippen LogP contribution is -1.98. The minimum Gasteiger partial charge on any atom is -0.381 e. The van der Waals surface area contributed by atoms with Crippen LogP contribution in [0.4, 0.5) is 0 Å². The van der Waals surface area contributed by atoms with Crippen LogP contribution in [0.1, 0.15) is 58.3 Å². The van der Waals surface area contributed by atoms with Gasteiger partial charge in [0, 0.05) is 12.4 Å². The second-order valence-electron chi connectivity index (χ2n) is 3.92. The summed E-state index contributed by atoms with van der Waals surface area (Å²) < 4.78 is 5.45. The molecule has 0 aliphatic heterocycles. The maximum Gasteiger partial charge on any atom is 0.0564 e. The van der Waals surface area contributed by atoms with Gasteiger partial charge in [0.15, 0.2) is 0 Å². The van der Waals surface area contributed by atoms with Gasteiger partial charge in [-0.05, 0) is 6.42 Å². The Hall–Kier alpha value is 0.660. The molecule has 92 valence electrons. The molecule has 0 saturated carbocycles. The topological polar surface area (TPSA) is 9.23 Å². The van der Waals surface area contributed by atoms with Crippen molar-refractivity contribution in [1.29, 1.82) is 0 Å². The second kappa shape index (κ2) is 14.7. The van der Waals surface area contributed by atoms with Gasteiger partial charge in [0.05, 0.1) is 6.61 Å². The summed E-state index contributed by atoms with van der Waals surface area (Å²) in [7, 11) is 1.55. The molecule has 0 heterocycles. The van der Waals surface area contributed by atoms with E-state index in [1.165, 1.54) is 51.4 Å². The van der Waals surface area contributed by atoms with Crippen molar-refractivity contribution < 1.29 is 4.74 Å². The van der Waals surface area contributed by atoms with Gasteiger partial charge in [-0.25, -0.2) is 0 Å². The molecule has 0 aliphatic rings. The predicted molar refractivity (Wildman–Crippen MR) is 74.9 cm³/mol. The Bertz CT molecular complexity index is 97.8. The Morgan fingerprint density at radius 2 is 1.47 bits per heavy atom. The smallest absolute Gasteiger partial charge is 0.0564 e. The first-order valence-electron chi connectivity index (χ1n) is 6.26. The van der Waals surface area contributed by atoms with Crippen molar-refractivity contribution in [3.8, 4) is 0 Å². The van der Waals surface area contributed by atoms with Crippen LogP contribution in [0.2, 0.25) is 0 Å². The second-order valence-corrected chi connectivity index (χ2v) is 5.36. The fraction of sp³-hybridized carbons (Fsp3) is 1.00. The fourth-order valence-corrected chi connectivity index (χ4v) is 1.95. The van der Waals surface area contributed by atoms with E-state index >= 15 is 0 Å². The maximum atomic E-state index is 5.45. The molecule has 0 N–H and O–H groups in total. The number of hydrogen-bond donors (Lipinski definition) is 1. The highest BCUT2D eigenvalue weighted by molar-refractivity contribution is 8.68. The summed E-state index contributed by atoms with van der Waals surface area (Å²) in [5.74, 6) is 1.00. The van der Waals surface area contributed by atoms with Gasteiger partial charge in [-0.15, -0.1) is 11.7 Å². The Labute approximate surface area is 105 Å². The average Bonchev–Trinajstić information content (AvgIpc) is 2.26. The standard InChI is InChI=1S/C12H26OS2/c1-2-3-4-5-6-7-8-9-10-13-11-12-15-14/h14H,2-12H2,1H3. The number of hydrogen-bond acceptors (Lipinski definition) is 3. The van der Waals surface area contributed by atoms with Gasteiger partial charge in [0.25, 0.3) is 0 Å². The molecule has 1 nitrogen and oxygen atoms in total. The molecule has 0 aliphatic carbocycles. The number of ether oxygens (including phenoxy) is 1. The largest absolute Gasteiger partial charge is 0.381 e. The summed E-state index contributed by atoms with van der Waals surface area (Å²) in [6.07, 6.45) is 10.9. The van der Waals surface area contributed by atoms with E-state index in [1.54, 1.807) is 10.8 Å². The van der Waals surface area contributed by atoms with E-state index in [1.807, 2.05) is 0 Å². The third kappa shape index (κ3) is 14.7. The molecular weight excluding hydrogens is 224 g/mol. The van der Waals surface area contributed by atoms with E-state index in [2.05, 4.69) is 18.6 Å². The summed E-state index contributed by atoms with van der Waals surface area (Å²) in [5, 5.41) is 0. The van der Waals surface area contributed by atoms with Crippen molar-refractivity contribution in [2.24, 2.45) is 0 Å². The monoisotopic (exact) mass is 250 g/mol. The van der Waals surface area contributed by atoms with E-state index in [9.17, 15) is 0 Å². The van der Waals surface area contributed by atoms with E-state index < -0.39 is 0 Å². The molecule has 15 heavy (non-hydrogen) atoms. The SMILES string of the molecule is CCCCCCCCCCOCCSS. The molecule has 0 aromatic rings. The van der Waals surface area contributed by atoms with Crippen LogP contribution < -0.4 is 0 Å². The summed E-state index contributed by atoms with van der Waals surface area (Å²) in [6, 6.07) is 0. The molecule has 0 amide bonds. The molecule has 0 aromatic carbocycles. The Balaban J connectivity index is 2.81. The Morgan fingerprint density at radius 1 is 0.867 bits per heavy atom. The molecule has 0 aromatic heterocycles. The van der Waals surface area contributed by atoms with Crippen molar-refractivity contribution in [2.45, 2.75) is 58.3 Å². The van der Waals surface area contributed by atoms with Crippen LogP contribution in [0, 0.1) is 0 Å². The quantitative estimate of drug-likeness (QED) is 0.305. The van der Waals surface area contributed by atoms with Crippen LogP contribution in [-0.4, -0.2) is 19.0 Å². The first-order valence-corrected chi connectivity index (χ1v) is 8.29. The zero-order valence-corrected chi connectivity index (χ0v) is 11.8. The lowest BCUT2D eigenvalue weighted by Gasteiger charge is -2.03. The van der Waals surface area contributed by atoms with Gasteiger partial charge in [-0.2, -0.15) is 0 Å². The summed E-state index contributed by atoms with van der Waals surface area (Å²) >= 11 is 4.06. The van der Waals surface area contributed by atoms with Crippen LogP contribution in [-0.2, 0) is 4.74 Å². The highest BCUT2D eigenvalue weighted by Gasteiger charge is 1.92. The molecule has 0 radical (unpaired) electrons. The Morgan fingerprint density at radius 3 is 2.07 bits per heavy atom. The third-order valence-corrected chi connectivity index (χ3v) is 3.36. The van der Waals surface area contributed by atoms with Crippen LogP contribution in [0.15, 0.2) is 0 Å². The normalized spacial score (nSPS) is 10.8. The summed E-state index contributed by atoms with van der Waals surface area (Å²) in [4.78, 5) is 0. The van der Waals surface area contributed by atoms with Crippen molar-refractivity contribution >= 4 is 22.5 Å². The first-order chi connectivity index (χ1) is 7.41. The highest BCUT2D eigenvalue weighted by Crippen LogP contribution is 2.08. The zero-order chi connectivity index (χ0) is 11.2. The number of unbranched alkanes of at least 4 members (excludes halogenated alkanes) is 7. The fourth-order valence-electron chi connectivity index (χ4n) is 1.54. The van der Waals surface area contributed by atoms with Crippen LogP contribution in [0.5, 0.6) is 0 Å². The minimum absolute atomic E-state index is 0.852. The molecule has 0 spiro atoms. The van der Waals surface area contributed by atoms with Crippen LogP contribution in [0.25, 0.3) is 0 Å². The first kappa shape index (κ1) is 15.7. The lowest BCUT2D eigenvalue weighted by molar-refractivity contribution is 0.145. The van der Waals surface area contributed by atoms with Crippen LogP contribution >= 0.6 is 22.5 Å². The molecule has 3 heteroatoms. The van der Waals surface area contributed by atoms with Gasteiger partial charge in [0.1, 0.15) is 0 Å². The molecule has 0 bridgehead atoms. The molecule has 0 rings (SSSR count).